The summed E-state index contributed by atoms with van der Waals surface area (Å²) in [5.74, 6) is -0.525. The molecule has 0 rings (SSSR count). The molecule has 0 aliphatic heterocycles. The van der Waals surface area contributed by atoms with Gasteiger partial charge in [-0.2, -0.15) is 0 Å². The third kappa shape index (κ3) is 2.11. The van der Waals surface area contributed by atoms with Crippen molar-refractivity contribution in [2.45, 2.75) is 0 Å². The summed E-state index contributed by atoms with van der Waals surface area (Å²) in [5.41, 5.74) is 4.69. The van der Waals surface area contributed by atoms with Crippen LogP contribution >= 0.6 is 12.6 Å². The summed E-state index contributed by atoms with van der Waals surface area (Å²) < 4.78 is 0. The second-order valence-corrected chi connectivity index (χ2v) is 1.26. The van der Waals surface area contributed by atoms with Crippen molar-refractivity contribution in [3.63, 3.8) is 0 Å². The van der Waals surface area contributed by atoms with Gasteiger partial charge in [0.05, 0.1) is 0 Å². The van der Waals surface area contributed by atoms with Crippen LogP contribution in [0.25, 0.3) is 0 Å². The fraction of sp³-hybridized carbons (Fsp3) is 0. The Hall–Kier alpha value is -0.640. The number of aliphatic hydroxyl groups excluding tert-OH is 1. The SMILES string of the molecule is N/C=C(\O)C(=O)S. The van der Waals surface area contributed by atoms with Gasteiger partial charge in [-0.3, -0.25) is 4.79 Å². The number of carbonyl (C=O) groups is 1. The molecule has 3 N–H and O–H groups in total. The standard InChI is InChI=1S/C3H5NO2S/c4-1-2(5)3(6)7/h1,5H,4H2,(H,6,7)/b2-1-. The molecule has 0 bridgehead atoms. The topological polar surface area (TPSA) is 63.3 Å². The molecule has 40 valence electrons. The van der Waals surface area contributed by atoms with Gasteiger partial charge in [0, 0.05) is 6.20 Å². The number of carbonyl (C=O) groups excluding carboxylic acids is 1. The molecule has 0 aromatic rings. The van der Waals surface area contributed by atoms with E-state index in [2.05, 4.69) is 12.6 Å². The smallest absolute Gasteiger partial charge is 0.252 e. The minimum Gasteiger partial charge on any atom is -0.503 e. The number of rotatable bonds is 1. The van der Waals surface area contributed by atoms with Crippen molar-refractivity contribution in [2.75, 3.05) is 0 Å². The number of thiol groups is 1. The molecule has 0 fully saturated rings. The maximum atomic E-state index is 9.84. The average Bonchev–Trinajstić information content (AvgIpc) is 1.65. The van der Waals surface area contributed by atoms with Crippen LogP contribution in [0.2, 0.25) is 0 Å². The monoisotopic (exact) mass is 119 g/mol. The van der Waals surface area contributed by atoms with E-state index in [4.69, 9.17) is 10.8 Å². The fourth-order valence-corrected chi connectivity index (χ4v) is 0.146. The van der Waals surface area contributed by atoms with Gasteiger partial charge in [-0.15, -0.1) is 0 Å². The molecule has 0 atom stereocenters. The van der Waals surface area contributed by atoms with E-state index >= 15 is 0 Å². The molecule has 0 aromatic carbocycles. The zero-order valence-electron chi connectivity index (χ0n) is 3.46. The highest BCUT2D eigenvalue weighted by molar-refractivity contribution is 7.97. The van der Waals surface area contributed by atoms with Crippen LogP contribution in [0.4, 0.5) is 0 Å². The van der Waals surface area contributed by atoms with Crippen molar-refractivity contribution < 1.29 is 9.90 Å². The van der Waals surface area contributed by atoms with Crippen LogP contribution < -0.4 is 5.73 Å². The van der Waals surface area contributed by atoms with E-state index in [1.54, 1.807) is 0 Å². The highest BCUT2D eigenvalue weighted by Gasteiger charge is 1.95. The number of aliphatic hydroxyl groups is 1. The second kappa shape index (κ2) is 2.52. The molecule has 3 nitrogen and oxygen atoms in total. The lowest BCUT2D eigenvalue weighted by atomic mass is 10.6. The Labute approximate surface area is 46.2 Å². The lowest BCUT2D eigenvalue weighted by Crippen LogP contribution is -1.94. The van der Waals surface area contributed by atoms with Crippen molar-refractivity contribution in [1.82, 2.24) is 0 Å². The van der Waals surface area contributed by atoms with E-state index in [1.165, 1.54) is 0 Å². The summed E-state index contributed by atoms with van der Waals surface area (Å²) in [6.07, 6.45) is 0.787. The summed E-state index contributed by atoms with van der Waals surface area (Å²) >= 11 is 3.24. The van der Waals surface area contributed by atoms with E-state index in [-0.39, 0.29) is 0 Å². The van der Waals surface area contributed by atoms with Crippen molar-refractivity contribution in [3.05, 3.63) is 12.0 Å². The number of hydrogen-bond donors (Lipinski definition) is 3. The summed E-state index contributed by atoms with van der Waals surface area (Å²) in [7, 11) is 0. The summed E-state index contributed by atoms with van der Waals surface area (Å²) in [6, 6.07) is 0. The van der Waals surface area contributed by atoms with Crippen LogP contribution in [-0.2, 0) is 4.79 Å². The summed E-state index contributed by atoms with van der Waals surface area (Å²) in [5, 5.41) is 7.53. The first-order valence-electron chi connectivity index (χ1n) is 1.52. The Balaban J connectivity index is 3.82. The molecule has 0 amide bonds. The van der Waals surface area contributed by atoms with E-state index in [0.717, 1.165) is 6.20 Å². The molecule has 0 aliphatic carbocycles. The number of nitrogens with two attached hydrogens (primary N) is 1. The van der Waals surface area contributed by atoms with Crippen molar-refractivity contribution in [2.24, 2.45) is 5.73 Å². The van der Waals surface area contributed by atoms with Crippen LogP contribution in [0.1, 0.15) is 0 Å². The molecule has 0 radical (unpaired) electrons. The third-order valence-electron chi connectivity index (χ3n) is 0.377. The molecule has 0 saturated carbocycles. The fourth-order valence-electron chi connectivity index (χ4n) is 0.0713. The predicted octanol–water partition coefficient (Wildman–Crippen LogP) is -0.199. The van der Waals surface area contributed by atoms with Crippen LogP contribution in [-0.4, -0.2) is 10.2 Å². The van der Waals surface area contributed by atoms with Crippen LogP contribution in [0, 0.1) is 0 Å². The molecule has 0 aliphatic rings. The van der Waals surface area contributed by atoms with Crippen molar-refractivity contribution in [1.29, 1.82) is 0 Å². The Kier molecular flexibility index (Phi) is 2.29. The molecular weight excluding hydrogens is 114 g/mol. The van der Waals surface area contributed by atoms with Gasteiger partial charge in [-0.25, -0.2) is 0 Å². The molecule has 0 aromatic heterocycles. The first-order chi connectivity index (χ1) is 3.18. The third-order valence-corrected chi connectivity index (χ3v) is 0.606. The zero-order valence-corrected chi connectivity index (χ0v) is 4.35. The molecule has 0 heterocycles. The van der Waals surface area contributed by atoms with Gasteiger partial charge in [0.1, 0.15) is 0 Å². The lowest BCUT2D eigenvalue weighted by Gasteiger charge is -1.83. The summed E-state index contributed by atoms with van der Waals surface area (Å²) in [4.78, 5) is 9.84. The normalized spacial score (nSPS) is 11.3. The molecule has 0 unspecified atom stereocenters. The number of hydrogen-bond acceptors (Lipinski definition) is 3. The predicted molar refractivity (Wildman–Crippen MR) is 28.9 cm³/mol. The van der Waals surface area contributed by atoms with Gasteiger partial charge in [0.2, 0.25) is 0 Å². The minimum atomic E-state index is -0.720. The Bertz CT molecular complexity index is 110. The average molecular weight is 119 g/mol. The van der Waals surface area contributed by atoms with E-state index in [1.807, 2.05) is 0 Å². The van der Waals surface area contributed by atoms with Gasteiger partial charge in [0.15, 0.2) is 5.76 Å². The van der Waals surface area contributed by atoms with Crippen LogP contribution in [0.5, 0.6) is 0 Å². The van der Waals surface area contributed by atoms with E-state index in [9.17, 15) is 4.79 Å². The van der Waals surface area contributed by atoms with Gasteiger partial charge in [0.25, 0.3) is 5.12 Å². The quantitative estimate of drug-likeness (QED) is 0.254. The summed E-state index contributed by atoms with van der Waals surface area (Å²) in [6.45, 7) is 0. The van der Waals surface area contributed by atoms with Gasteiger partial charge in [-0.1, -0.05) is 12.6 Å². The largest absolute Gasteiger partial charge is 0.503 e. The van der Waals surface area contributed by atoms with Crippen LogP contribution in [0.15, 0.2) is 12.0 Å². The Morgan fingerprint density at radius 2 is 2.29 bits per heavy atom. The molecule has 0 saturated heterocycles. The Morgan fingerprint density at radius 3 is 2.29 bits per heavy atom. The van der Waals surface area contributed by atoms with Crippen molar-refractivity contribution >= 4 is 17.7 Å². The second-order valence-electron chi connectivity index (χ2n) is 0.857. The molecular formula is C3H5NO2S. The molecule has 4 heteroatoms. The van der Waals surface area contributed by atoms with E-state index in [0.29, 0.717) is 0 Å². The first-order valence-corrected chi connectivity index (χ1v) is 1.97. The zero-order chi connectivity index (χ0) is 5.86. The lowest BCUT2D eigenvalue weighted by molar-refractivity contribution is -0.109. The first kappa shape index (κ1) is 6.36. The van der Waals surface area contributed by atoms with Gasteiger partial charge < -0.3 is 10.8 Å². The molecule has 0 spiro atoms. The minimum absolute atomic E-state index is 0.525. The van der Waals surface area contributed by atoms with E-state index < -0.39 is 10.9 Å². The highest BCUT2D eigenvalue weighted by Crippen LogP contribution is 1.89. The maximum Gasteiger partial charge on any atom is 0.252 e. The van der Waals surface area contributed by atoms with Crippen molar-refractivity contribution in [3.8, 4) is 0 Å². The van der Waals surface area contributed by atoms with Crippen LogP contribution in [0.3, 0.4) is 0 Å². The Morgan fingerprint density at radius 1 is 1.86 bits per heavy atom. The maximum absolute atomic E-state index is 9.84. The highest BCUT2D eigenvalue weighted by atomic mass is 32.1. The molecule has 7 heavy (non-hydrogen) atoms. The van der Waals surface area contributed by atoms with Gasteiger partial charge in [-0.05, 0) is 0 Å². The van der Waals surface area contributed by atoms with Gasteiger partial charge >= 0.3 is 0 Å².